The largest absolute Gasteiger partial charge is 0.478 e. The molecule has 0 aliphatic heterocycles. The zero-order chi connectivity index (χ0) is 23.3. The second kappa shape index (κ2) is 10.1. The second-order valence-corrected chi connectivity index (χ2v) is 7.73. The molecule has 2 heterocycles. The summed E-state index contributed by atoms with van der Waals surface area (Å²) >= 11 is 0. The number of carbonyl (C=O) groups is 3. The molecule has 1 unspecified atom stereocenters. The zero-order valence-electron chi connectivity index (χ0n) is 18.2. The number of carboxylic acid groups (broad SMARTS) is 2. The number of aliphatic carboxylic acids is 2. The molecule has 0 saturated carbocycles. The number of benzene rings is 1. The number of carboxylic acids is 2. The number of aryl methyl sites for hydroxylation is 2. The van der Waals surface area contributed by atoms with E-state index < -0.39 is 11.9 Å². The molecule has 8 nitrogen and oxygen atoms in total. The normalized spacial score (nSPS) is 15.4. The van der Waals surface area contributed by atoms with Gasteiger partial charge in [0.1, 0.15) is 5.82 Å². The van der Waals surface area contributed by atoms with Crippen LogP contribution in [0.5, 0.6) is 0 Å². The van der Waals surface area contributed by atoms with E-state index in [0.717, 1.165) is 49.1 Å². The molecule has 1 aliphatic carbocycles. The highest BCUT2D eigenvalue weighted by atomic mass is 16.4. The van der Waals surface area contributed by atoms with Crippen molar-refractivity contribution < 1.29 is 24.6 Å². The number of carbonyl (C=O) groups excluding carboxylic acids is 1. The van der Waals surface area contributed by atoms with E-state index in [2.05, 4.69) is 39.2 Å². The number of para-hydroxylation sites is 1. The molecule has 2 N–H and O–H groups in total. The number of hydrogen-bond donors (Lipinski definition) is 2. The molecular formula is C24H27N3O5. The predicted octanol–water partition coefficient (Wildman–Crippen LogP) is 3.71. The fraction of sp³-hybridized carbons (Fsp3) is 0.333. The average molecular weight is 437 g/mol. The van der Waals surface area contributed by atoms with Gasteiger partial charge in [-0.25, -0.2) is 14.6 Å². The van der Waals surface area contributed by atoms with Crippen molar-refractivity contribution in [3.63, 3.8) is 0 Å². The summed E-state index contributed by atoms with van der Waals surface area (Å²) in [4.78, 5) is 36.6. The van der Waals surface area contributed by atoms with E-state index in [1.165, 1.54) is 11.2 Å². The summed E-state index contributed by atoms with van der Waals surface area (Å²) in [5.74, 6) is -1.19. The molecule has 3 aromatic rings. The van der Waals surface area contributed by atoms with Gasteiger partial charge in [0, 0.05) is 65.7 Å². The fourth-order valence-corrected chi connectivity index (χ4v) is 4.17. The van der Waals surface area contributed by atoms with E-state index in [1.807, 2.05) is 19.2 Å². The summed E-state index contributed by atoms with van der Waals surface area (Å²) in [5, 5.41) is 16.7. The van der Waals surface area contributed by atoms with Gasteiger partial charge in [-0.1, -0.05) is 25.1 Å². The Morgan fingerprint density at radius 1 is 1.19 bits per heavy atom. The van der Waals surface area contributed by atoms with Crippen molar-refractivity contribution in [2.75, 3.05) is 0 Å². The van der Waals surface area contributed by atoms with Crippen molar-refractivity contribution in [1.82, 2.24) is 14.1 Å². The van der Waals surface area contributed by atoms with Gasteiger partial charge < -0.3 is 19.3 Å². The smallest absolute Gasteiger partial charge is 0.328 e. The Bertz CT molecular complexity index is 1160. The van der Waals surface area contributed by atoms with Crippen molar-refractivity contribution in [3.8, 4) is 0 Å². The molecule has 0 radical (unpaired) electrons. The van der Waals surface area contributed by atoms with Gasteiger partial charge in [-0.3, -0.25) is 4.79 Å². The quantitative estimate of drug-likeness (QED) is 0.568. The summed E-state index contributed by atoms with van der Waals surface area (Å²) in [6.45, 7) is 5.90. The van der Waals surface area contributed by atoms with Gasteiger partial charge in [0.05, 0.1) is 0 Å². The van der Waals surface area contributed by atoms with Crippen LogP contribution in [0.15, 0.2) is 48.8 Å². The van der Waals surface area contributed by atoms with Crippen LogP contribution < -0.4 is 0 Å². The predicted molar refractivity (Wildman–Crippen MR) is 120 cm³/mol. The molecule has 32 heavy (non-hydrogen) atoms. The van der Waals surface area contributed by atoms with E-state index in [0.29, 0.717) is 17.9 Å². The number of ketones is 1. The topological polar surface area (TPSA) is 114 Å². The Morgan fingerprint density at radius 3 is 2.47 bits per heavy atom. The first-order chi connectivity index (χ1) is 15.3. The minimum Gasteiger partial charge on any atom is -0.478 e. The molecule has 8 heteroatoms. The minimum atomic E-state index is -1.26. The SMILES string of the molecule is CCCn1c2c(c3ccccc31)C(=O)C(Cn1ccnc1C)CC2.O=C(O)C=CC(=O)O. The third kappa shape index (κ3) is 4.96. The Hall–Kier alpha value is -3.68. The van der Waals surface area contributed by atoms with Gasteiger partial charge in [-0.15, -0.1) is 0 Å². The molecule has 2 aromatic heterocycles. The molecule has 1 aromatic carbocycles. The third-order valence-corrected chi connectivity index (χ3v) is 5.58. The molecule has 0 saturated heterocycles. The van der Waals surface area contributed by atoms with E-state index >= 15 is 0 Å². The van der Waals surface area contributed by atoms with Crippen LogP contribution in [0.3, 0.4) is 0 Å². The summed E-state index contributed by atoms with van der Waals surface area (Å²) in [6, 6.07) is 8.35. The summed E-state index contributed by atoms with van der Waals surface area (Å²) in [5.41, 5.74) is 3.41. The van der Waals surface area contributed by atoms with Crippen molar-refractivity contribution in [2.24, 2.45) is 5.92 Å². The van der Waals surface area contributed by atoms with Crippen LogP contribution in [0.2, 0.25) is 0 Å². The highest BCUT2D eigenvalue weighted by molar-refractivity contribution is 6.11. The number of nitrogens with zero attached hydrogens (tertiary/aromatic N) is 3. The lowest BCUT2D eigenvalue weighted by Gasteiger charge is -2.23. The molecule has 4 rings (SSSR count). The van der Waals surface area contributed by atoms with Crippen LogP contribution in [-0.2, 0) is 29.1 Å². The first kappa shape index (κ1) is 23.0. The summed E-state index contributed by atoms with van der Waals surface area (Å²) in [7, 11) is 0. The maximum atomic E-state index is 13.2. The zero-order valence-corrected chi connectivity index (χ0v) is 18.2. The lowest BCUT2D eigenvalue weighted by atomic mass is 9.85. The van der Waals surface area contributed by atoms with E-state index in [9.17, 15) is 14.4 Å². The van der Waals surface area contributed by atoms with Crippen LogP contribution in [0.1, 0.15) is 41.6 Å². The first-order valence-electron chi connectivity index (χ1n) is 10.6. The molecule has 0 fully saturated rings. The number of rotatable bonds is 6. The van der Waals surface area contributed by atoms with Crippen molar-refractivity contribution in [2.45, 2.75) is 46.2 Å². The number of fused-ring (bicyclic) bond motifs is 3. The van der Waals surface area contributed by atoms with E-state index in [-0.39, 0.29) is 5.92 Å². The van der Waals surface area contributed by atoms with Crippen LogP contribution in [0.25, 0.3) is 10.9 Å². The molecule has 0 spiro atoms. The number of Topliss-reactive ketones (excluding diaryl/α,β-unsaturated/α-hetero) is 1. The van der Waals surface area contributed by atoms with E-state index in [1.54, 1.807) is 6.20 Å². The Labute approximate surface area is 185 Å². The van der Waals surface area contributed by atoms with Crippen LogP contribution in [-0.4, -0.2) is 42.1 Å². The Morgan fingerprint density at radius 2 is 1.88 bits per heavy atom. The Kier molecular flexibility index (Phi) is 7.25. The molecule has 1 atom stereocenters. The first-order valence-corrected chi connectivity index (χ1v) is 10.6. The Balaban J connectivity index is 0.000000312. The third-order valence-electron chi connectivity index (χ3n) is 5.58. The lowest BCUT2D eigenvalue weighted by Crippen LogP contribution is -2.27. The highest BCUT2D eigenvalue weighted by Gasteiger charge is 2.32. The molecular weight excluding hydrogens is 410 g/mol. The van der Waals surface area contributed by atoms with Gasteiger partial charge in [-0.2, -0.15) is 0 Å². The fourth-order valence-electron chi connectivity index (χ4n) is 4.17. The van der Waals surface area contributed by atoms with Gasteiger partial charge in [-0.05, 0) is 32.3 Å². The molecule has 0 bridgehead atoms. The molecule has 0 amide bonds. The van der Waals surface area contributed by atoms with Crippen LogP contribution in [0.4, 0.5) is 0 Å². The minimum absolute atomic E-state index is 0.0475. The summed E-state index contributed by atoms with van der Waals surface area (Å²) in [6.07, 6.45) is 7.87. The van der Waals surface area contributed by atoms with Crippen LogP contribution >= 0.6 is 0 Å². The molecule has 1 aliphatic rings. The van der Waals surface area contributed by atoms with E-state index in [4.69, 9.17) is 10.2 Å². The van der Waals surface area contributed by atoms with Gasteiger partial charge >= 0.3 is 11.9 Å². The standard InChI is InChI=1S/C20H23N3O.C4H4O4/c1-3-11-23-17-7-5-4-6-16(17)19-18(23)9-8-15(20(19)24)13-22-12-10-21-14(22)2;5-3(6)1-2-4(7)8/h4-7,10,12,15H,3,8-9,11,13H2,1-2H3;1-2H,(H,5,6)(H,7,8). The maximum absolute atomic E-state index is 13.2. The second-order valence-electron chi connectivity index (χ2n) is 7.73. The van der Waals surface area contributed by atoms with Crippen molar-refractivity contribution in [3.05, 3.63) is 65.9 Å². The lowest BCUT2D eigenvalue weighted by molar-refractivity contribution is -0.134. The van der Waals surface area contributed by atoms with Crippen molar-refractivity contribution in [1.29, 1.82) is 0 Å². The van der Waals surface area contributed by atoms with Crippen molar-refractivity contribution >= 4 is 28.6 Å². The molecule has 168 valence electrons. The summed E-state index contributed by atoms with van der Waals surface area (Å²) < 4.78 is 4.46. The van der Waals surface area contributed by atoms with Gasteiger partial charge in [0.15, 0.2) is 5.78 Å². The van der Waals surface area contributed by atoms with Gasteiger partial charge in [0.2, 0.25) is 0 Å². The number of imidazole rings is 1. The van der Waals surface area contributed by atoms with Crippen LogP contribution in [0, 0.1) is 12.8 Å². The maximum Gasteiger partial charge on any atom is 0.328 e. The number of hydrogen-bond acceptors (Lipinski definition) is 4. The highest BCUT2D eigenvalue weighted by Crippen LogP contribution is 2.35. The average Bonchev–Trinajstić information content (AvgIpc) is 3.31. The van der Waals surface area contributed by atoms with Gasteiger partial charge in [0.25, 0.3) is 0 Å². The number of aromatic nitrogens is 3. The monoisotopic (exact) mass is 437 g/mol.